The molecule has 0 unspecified atom stereocenters. The lowest BCUT2D eigenvalue weighted by Crippen LogP contribution is -2.36. The van der Waals surface area contributed by atoms with Gasteiger partial charge in [-0.1, -0.05) is 11.6 Å². The first-order chi connectivity index (χ1) is 11.0. The monoisotopic (exact) mass is 342 g/mol. The molecule has 6 nitrogen and oxygen atoms in total. The predicted octanol–water partition coefficient (Wildman–Crippen LogP) is 1.87. The Balaban J connectivity index is 2.01. The van der Waals surface area contributed by atoms with Gasteiger partial charge in [-0.2, -0.15) is 0 Å². The minimum Gasteiger partial charge on any atom is -0.493 e. The standard InChI is InChI=1S/C16H23ClN2O4/c1-10(13-4-3-5-22-13)19-8-11-6-12(17)16(14(7-11)21-2)23-9-15(18)20/h6-7,10,13,19H,3-5,8-9H2,1-2H3,(H2,18,20)/t10-,13-/m0/s1. The maximum Gasteiger partial charge on any atom is 0.255 e. The van der Waals surface area contributed by atoms with Gasteiger partial charge in [0.15, 0.2) is 18.1 Å². The van der Waals surface area contributed by atoms with Gasteiger partial charge in [0.05, 0.1) is 18.2 Å². The molecule has 1 aliphatic rings. The Hall–Kier alpha value is -1.50. The molecular weight excluding hydrogens is 320 g/mol. The number of nitrogens with one attached hydrogen (secondary N) is 1. The fraction of sp³-hybridized carbons (Fsp3) is 0.562. The molecule has 0 spiro atoms. The second kappa shape index (κ2) is 8.38. The Labute approximate surface area is 141 Å². The third-order valence-electron chi connectivity index (χ3n) is 3.80. The zero-order valence-corrected chi connectivity index (χ0v) is 14.2. The second-order valence-electron chi connectivity index (χ2n) is 5.59. The molecule has 1 heterocycles. The van der Waals surface area contributed by atoms with E-state index in [-0.39, 0.29) is 18.8 Å². The lowest BCUT2D eigenvalue weighted by molar-refractivity contribution is -0.119. The molecule has 1 fully saturated rings. The van der Waals surface area contributed by atoms with E-state index in [0.29, 0.717) is 23.1 Å². The van der Waals surface area contributed by atoms with Crippen LogP contribution in [0.2, 0.25) is 5.02 Å². The highest BCUT2D eigenvalue weighted by atomic mass is 35.5. The van der Waals surface area contributed by atoms with Crippen LogP contribution in [0.5, 0.6) is 11.5 Å². The maximum atomic E-state index is 10.8. The molecule has 1 aromatic rings. The van der Waals surface area contributed by atoms with E-state index in [0.717, 1.165) is 25.0 Å². The molecule has 128 valence electrons. The Kier molecular flexibility index (Phi) is 6.50. The highest BCUT2D eigenvalue weighted by molar-refractivity contribution is 6.32. The third-order valence-corrected chi connectivity index (χ3v) is 4.08. The number of methoxy groups -OCH3 is 1. The summed E-state index contributed by atoms with van der Waals surface area (Å²) in [4.78, 5) is 10.8. The van der Waals surface area contributed by atoms with Gasteiger partial charge in [0.25, 0.3) is 5.91 Å². The van der Waals surface area contributed by atoms with Crippen molar-refractivity contribution in [3.05, 3.63) is 22.7 Å². The lowest BCUT2D eigenvalue weighted by atomic mass is 10.1. The van der Waals surface area contributed by atoms with Gasteiger partial charge in [-0.3, -0.25) is 4.79 Å². The number of hydrogen-bond acceptors (Lipinski definition) is 5. The van der Waals surface area contributed by atoms with Crippen LogP contribution in [-0.4, -0.2) is 38.4 Å². The van der Waals surface area contributed by atoms with Gasteiger partial charge >= 0.3 is 0 Å². The summed E-state index contributed by atoms with van der Waals surface area (Å²) in [7, 11) is 1.52. The molecule has 0 bridgehead atoms. The lowest BCUT2D eigenvalue weighted by Gasteiger charge is -2.20. The second-order valence-corrected chi connectivity index (χ2v) is 5.99. The van der Waals surface area contributed by atoms with E-state index >= 15 is 0 Å². The summed E-state index contributed by atoms with van der Waals surface area (Å²) < 4.78 is 16.3. The van der Waals surface area contributed by atoms with Crippen molar-refractivity contribution in [1.82, 2.24) is 5.32 Å². The topological polar surface area (TPSA) is 82.8 Å². The summed E-state index contributed by atoms with van der Waals surface area (Å²) in [6.07, 6.45) is 2.45. The number of benzene rings is 1. The van der Waals surface area contributed by atoms with E-state index in [1.165, 1.54) is 7.11 Å². The number of ether oxygens (including phenoxy) is 3. The van der Waals surface area contributed by atoms with Crippen LogP contribution in [0.1, 0.15) is 25.3 Å². The van der Waals surface area contributed by atoms with Gasteiger partial charge in [0.1, 0.15) is 0 Å². The summed E-state index contributed by atoms with van der Waals surface area (Å²) in [6, 6.07) is 3.88. The zero-order valence-electron chi connectivity index (χ0n) is 13.4. The third kappa shape index (κ3) is 4.99. The van der Waals surface area contributed by atoms with Crippen LogP contribution in [0.15, 0.2) is 12.1 Å². The molecule has 1 amide bonds. The smallest absolute Gasteiger partial charge is 0.255 e. The Morgan fingerprint density at radius 2 is 2.35 bits per heavy atom. The number of carbonyl (C=O) groups excluding carboxylic acids is 1. The highest BCUT2D eigenvalue weighted by Gasteiger charge is 2.22. The summed E-state index contributed by atoms with van der Waals surface area (Å²) in [5, 5.41) is 3.82. The van der Waals surface area contributed by atoms with Crippen LogP contribution in [0.4, 0.5) is 0 Å². The maximum absolute atomic E-state index is 10.8. The normalized spacial score (nSPS) is 18.7. The predicted molar refractivity (Wildman–Crippen MR) is 88.0 cm³/mol. The van der Waals surface area contributed by atoms with Gasteiger partial charge in [-0.05, 0) is 37.5 Å². The van der Waals surface area contributed by atoms with Crippen molar-refractivity contribution < 1.29 is 19.0 Å². The van der Waals surface area contributed by atoms with Crippen LogP contribution in [0.25, 0.3) is 0 Å². The molecular formula is C16H23ClN2O4. The van der Waals surface area contributed by atoms with Gasteiger partial charge in [0, 0.05) is 19.2 Å². The molecule has 0 aromatic heterocycles. The van der Waals surface area contributed by atoms with Gasteiger partial charge < -0.3 is 25.3 Å². The van der Waals surface area contributed by atoms with E-state index in [1.54, 1.807) is 6.07 Å². The fourth-order valence-corrected chi connectivity index (χ4v) is 2.85. The van der Waals surface area contributed by atoms with E-state index in [9.17, 15) is 4.79 Å². The average molecular weight is 343 g/mol. The summed E-state index contributed by atoms with van der Waals surface area (Å²) in [6.45, 7) is 3.33. The highest BCUT2D eigenvalue weighted by Crippen LogP contribution is 2.36. The van der Waals surface area contributed by atoms with Crippen LogP contribution in [0, 0.1) is 0 Å². The van der Waals surface area contributed by atoms with E-state index in [4.69, 9.17) is 31.5 Å². The molecule has 0 aliphatic carbocycles. The molecule has 2 rings (SSSR count). The van der Waals surface area contributed by atoms with Crippen LogP contribution in [-0.2, 0) is 16.1 Å². The summed E-state index contributed by atoms with van der Waals surface area (Å²) >= 11 is 6.23. The quantitative estimate of drug-likeness (QED) is 0.753. The molecule has 3 N–H and O–H groups in total. The first-order valence-electron chi connectivity index (χ1n) is 7.63. The number of nitrogens with two attached hydrogens (primary N) is 1. The zero-order chi connectivity index (χ0) is 16.8. The van der Waals surface area contributed by atoms with Crippen molar-refractivity contribution in [3.8, 4) is 11.5 Å². The minimum absolute atomic E-state index is 0.246. The fourth-order valence-electron chi connectivity index (χ4n) is 2.57. The molecule has 1 aromatic carbocycles. The Morgan fingerprint density at radius 3 is 2.96 bits per heavy atom. The van der Waals surface area contributed by atoms with Crippen molar-refractivity contribution in [2.75, 3.05) is 20.3 Å². The van der Waals surface area contributed by atoms with E-state index < -0.39 is 5.91 Å². The number of hydrogen-bond donors (Lipinski definition) is 2. The Bertz CT molecular complexity index is 547. The van der Waals surface area contributed by atoms with Crippen molar-refractivity contribution in [2.45, 2.75) is 38.5 Å². The van der Waals surface area contributed by atoms with E-state index in [2.05, 4.69) is 12.2 Å². The molecule has 7 heteroatoms. The van der Waals surface area contributed by atoms with Gasteiger partial charge in [-0.15, -0.1) is 0 Å². The average Bonchev–Trinajstić information content (AvgIpc) is 3.05. The SMILES string of the molecule is COc1cc(CN[C@@H](C)[C@@H]2CCCO2)cc(Cl)c1OCC(N)=O. The molecule has 0 saturated carbocycles. The Morgan fingerprint density at radius 1 is 1.57 bits per heavy atom. The largest absolute Gasteiger partial charge is 0.493 e. The molecule has 23 heavy (non-hydrogen) atoms. The van der Waals surface area contributed by atoms with E-state index in [1.807, 2.05) is 6.07 Å². The molecule has 2 atom stereocenters. The minimum atomic E-state index is -0.570. The number of halogens is 1. The number of carbonyl (C=O) groups is 1. The van der Waals surface area contributed by atoms with Crippen LogP contribution < -0.4 is 20.5 Å². The first kappa shape index (κ1) is 17.8. The summed E-state index contributed by atoms with van der Waals surface area (Å²) in [5.41, 5.74) is 6.04. The number of rotatable bonds is 8. The van der Waals surface area contributed by atoms with Crippen molar-refractivity contribution >= 4 is 17.5 Å². The van der Waals surface area contributed by atoms with Gasteiger partial charge in [-0.25, -0.2) is 0 Å². The van der Waals surface area contributed by atoms with Crippen molar-refractivity contribution in [2.24, 2.45) is 5.73 Å². The van der Waals surface area contributed by atoms with Crippen molar-refractivity contribution in [3.63, 3.8) is 0 Å². The molecule has 0 radical (unpaired) electrons. The van der Waals surface area contributed by atoms with Crippen molar-refractivity contribution in [1.29, 1.82) is 0 Å². The van der Waals surface area contributed by atoms with Crippen LogP contribution in [0.3, 0.4) is 0 Å². The molecule has 1 aliphatic heterocycles. The van der Waals surface area contributed by atoms with Crippen LogP contribution >= 0.6 is 11.6 Å². The number of amides is 1. The first-order valence-corrected chi connectivity index (χ1v) is 8.01. The van der Waals surface area contributed by atoms with Gasteiger partial charge in [0.2, 0.25) is 0 Å². The summed E-state index contributed by atoms with van der Waals surface area (Å²) in [5.74, 6) is 0.225. The molecule has 1 saturated heterocycles. The number of primary amides is 1.